The molecule has 7 heteroatoms. The van der Waals surface area contributed by atoms with Gasteiger partial charge in [0.05, 0.1) is 38.6 Å². The summed E-state index contributed by atoms with van der Waals surface area (Å²) in [6.07, 6.45) is 0. The van der Waals surface area contributed by atoms with Crippen molar-refractivity contribution in [3.05, 3.63) is 64.6 Å². The minimum Gasteiger partial charge on any atom is -0.360 e. The van der Waals surface area contributed by atoms with Crippen LogP contribution >= 0.6 is 0 Å². The summed E-state index contributed by atoms with van der Waals surface area (Å²) >= 11 is 0. The van der Waals surface area contributed by atoms with E-state index in [4.69, 9.17) is 0 Å². The molecule has 4 rings (SSSR count). The maximum Gasteiger partial charge on any atom is 0.276 e. The van der Waals surface area contributed by atoms with Crippen molar-refractivity contribution in [1.29, 1.82) is 0 Å². The number of aromatic nitrogens is 2. The van der Waals surface area contributed by atoms with Crippen LogP contribution in [0.1, 0.15) is 24.3 Å². The maximum absolute atomic E-state index is 13.1. The highest BCUT2D eigenvalue weighted by Gasteiger charge is 2.19. The fourth-order valence-electron chi connectivity index (χ4n) is 3.96. The Hall–Kier alpha value is -3.19. The minimum absolute atomic E-state index is 0.167. The molecular formula is C24H30N5O2+. The van der Waals surface area contributed by atoms with Crippen molar-refractivity contribution in [1.82, 2.24) is 9.78 Å². The van der Waals surface area contributed by atoms with Gasteiger partial charge < -0.3 is 15.1 Å². The first-order chi connectivity index (χ1) is 14.9. The Bertz CT molecular complexity index is 1130. The lowest BCUT2D eigenvalue weighted by Crippen LogP contribution is -3.12. The highest BCUT2D eigenvalue weighted by Crippen LogP contribution is 2.20. The maximum atomic E-state index is 13.1. The van der Waals surface area contributed by atoms with Crippen molar-refractivity contribution >= 4 is 28.1 Å². The molecule has 0 atom stereocenters. The first kappa shape index (κ1) is 21.1. The normalized spacial score (nSPS) is 14.9. The summed E-state index contributed by atoms with van der Waals surface area (Å²) in [6.45, 7) is 8.83. The highest BCUT2D eigenvalue weighted by atomic mass is 16.2. The van der Waals surface area contributed by atoms with Crippen LogP contribution in [0.3, 0.4) is 0 Å². The molecule has 1 aliphatic heterocycles. The molecule has 1 fully saturated rings. The van der Waals surface area contributed by atoms with E-state index in [1.165, 1.54) is 10.4 Å². The smallest absolute Gasteiger partial charge is 0.276 e. The van der Waals surface area contributed by atoms with Gasteiger partial charge in [-0.2, -0.15) is 5.10 Å². The van der Waals surface area contributed by atoms with E-state index in [0.29, 0.717) is 23.0 Å². The second-order valence-electron chi connectivity index (χ2n) is 8.72. The van der Waals surface area contributed by atoms with Crippen LogP contribution in [-0.4, -0.2) is 48.9 Å². The van der Waals surface area contributed by atoms with Crippen LogP contribution in [0.25, 0.3) is 10.8 Å². The van der Waals surface area contributed by atoms with Gasteiger partial charge in [-0.25, -0.2) is 4.68 Å². The zero-order valence-corrected chi connectivity index (χ0v) is 18.4. The number of rotatable bonds is 5. The van der Waals surface area contributed by atoms with E-state index < -0.39 is 0 Å². The van der Waals surface area contributed by atoms with Gasteiger partial charge in [0.15, 0.2) is 5.69 Å². The Labute approximate surface area is 182 Å². The van der Waals surface area contributed by atoms with E-state index in [1.54, 1.807) is 17.0 Å². The number of quaternary nitrogens is 1. The van der Waals surface area contributed by atoms with E-state index in [0.717, 1.165) is 26.2 Å². The summed E-state index contributed by atoms with van der Waals surface area (Å²) in [7, 11) is 2.22. The Morgan fingerprint density at radius 2 is 1.71 bits per heavy atom. The second kappa shape index (κ2) is 8.89. The average molecular weight is 421 g/mol. The fraction of sp³-hybridized carbons (Fsp3) is 0.375. The summed E-state index contributed by atoms with van der Waals surface area (Å²) in [5, 5.41) is 8.45. The molecule has 0 unspecified atom stereocenters. The van der Waals surface area contributed by atoms with Crippen LogP contribution in [0.2, 0.25) is 0 Å². The molecule has 0 saturated carbocycles. The number of hydrogen-bond acceptors (Lipinski definition) is 4. The van der Waals surface area contributed by atoms with Gasteiger partial charge in [0.25, 0.3) is 11.5 Å². The molecule has 2 heterocycles. The molecule has 0 radical (unpaired) electrons. The number of fused-ring (bicyclic) bond motifs is 1. The number of amides is 1. The van der Waals surface area contributed by atoms with E-state index in [-0.39, 0.29) is 23.1 Å². The van der Waals surface area contributed by atoms with Crippen LogP contribution in [0, 0.1) is 5.92 Å². The monoisotopic (exact) mass is 420 g/mol. The molecule has 1 aromatic heterocycles. The number of nitrogens with zero attached hydrogens (tertiary/aromatic N) is 3. The van der Waals surface area contributed by atoms with Crippen LogP contribution in [0.5, 0.6) is 0 Å². The van der Waals surface area contributed by atoms with Crippen LogP contribution in [0.15, 0.2) is 53.3 Å². The molecule has 162 valence electrons. The largest absolute Gasteiger partial charge is 0.360 e. The van der Waals surface area contributed by atoms with E-state index in [2.05, 4.69) is 22.4 Å². The summed E-state index contributed by atoms with van der Waals surface area (Å²) in [6, 6.07) is 15.1. The van der Waals surface area contributed by atoms with Gasteiger partial charge in [-0.1, -0.05) is 32.0 Å². The zero-order valence-electron chi connectivity index (χ0n) is 18.4. The standard InChI is InChI=1S/C24H29N5O2/c1-17(2)16-29-24(31)21-7-5-4-6-20(21)22(26-29)23(30)25-18-8-10-19(11-9-18)28-14-12-27(3)13-15-28/h4-11,17H,12-16H2,1-3H3,(H,25,30)/p+1. The number of carbonyl (C=O) groups is 1. The number of anilines is 2. The number of carbonyl (C=O) groups excluding carboxylic acids is 1. The highest BCUT2D eigenvalue weighted by molar-refractivity contribution is 6.11. The second-order valence-corrected chi connectivity index (χ2v) is 8.72. The summed E-state index contributed by atoms with van der Waals surface area (Å²) in [4.78, 5) is 29.8. The lowest BCUT2D eigenvalue weighted by atomic mass is 10.1. The molecule has 0 spiro atoms. The fourth-order valence-corrected chi connectivity index (χ4v) is 3.96. The third-order valence-electron chi connectivity index (χ3n) is 5.73. The predicted octanol–water partition coefficient (Wildman–Crippen LogP) is 1.64. The van der Waals surface area contributed by atoms with Crippen molar-refractivity contribution in [2.24, 2.45) is 5.92 Å². The summed E-state index contributed by atoms with van der Waals surface area (Å²) < 4.78 is 1.40. The molecule has 0 bridgehead atoms. The Morgan fingerprint density at radius 1 is 1.06 bits per heavy atom. The Kier molecular flexibility index (Phi) is 6.04. The molecule has 0 aliphatic carbocycles. The molecule has 31 heavy (non-hydrogen) atoms. The molecule has 7 nitrogen and oxygen atoms in total. The molecule has 2 N–H and O–H groups in total. The van der Waals surface area contributed by atoms with Gasteiger partial charge in [0, 0.05) is 23.3 Å². The first-order valence-corrected chi connectivity index (χ1v) is 10.9. The van der Waals surface area contributed by atoms with Crippen molar-refractivity contribution < 1.29 is 9.69 Å². The van der Waals surface area contributed by atoms with E-state index in [1.807, 2.05) is 50.2 Å². The summed E-state index contributed by atoms with van der Waals surface area (Å²) in [5.41, 5.74) is 1.97. The minimum atomic E-state index is -0.315. The van der Waals surface area contributed by atoms with E-state index >= 15 is 0 Å². The molecule has 1 aliphatic rings. The van der Waals surface area contributed by atoms with Gasteiger partial charge in [0.2, 0.25) is 0 Å². The topological polar surface area (TPSA) is 71.7 Å². The van der Waals surface area contributed by atoms with Gasteiger partial charge in [-0.15, -0.1) is 0 Å². The Morgan fingerprint density at radius 3 is 2.35 bits per heavy atom. The first-order valence-electron chi connectivity index (χ1n) is 10.9. The lowest BCUT2D eigenvalue weighted by molar-refractivity contribution is -0.880. The van der Waals surface area contributed by atoms with Crippen LogP contribution in [-0.2, 0) is 6.54 Å². The number of piperazine rings is 1. The summed E-state index contributed by atoms with van der Waals surface area (Å²) in [5.74, 6) is -0.0735. The third kappa shape index (κ3) is 4.61. The lowest BCUT2D eigenvalue weighted by Gasteiger charge is -2.31. The number of benzene rings is 2. The predicted molar refractivity (Wildman–Crippen MR) is 124 cm³/mol. The molecule has 1 saturated heterocycles. The number of hydrogen-bond donors (Lipinski definition) is 2. The molecule has 3 aromatic rings. The van der Waals surface area contributed by atoms with E-state index in [9.17, 15) is 9.59 Å². The van der Waals surface area contributed by atoms with Gasteiger partial charge in [-0.05, 0) is 36.2 Å². The SMILES string of the molecule is CC(C)Cn1nc(C(=O)Nc2ccc(N3CC[NH+](C)CC3)cc2)c2ccccc2c1=O. The van der Waals surface area contributed by atoms with Gasteiger partial charge in [-0.3, -0.25) is 9.59 Å². The van der Waals surface area contributed by atoms with Gasteiger partial charge in [0.1, 0.15) is 0 Å². The molecular weight excluding hydrogens is 390 g/mol. The zero-order chi connectivity index (χ0) is 22.0. The number of nitrogens with one attached hydrogen (secondary N) is 2. The van der Waals surface area contributed by atoms with Crippen molar-refractivity contribution in [2.45, 2.75) is 20.4 Å². The van der Waals surface area contributed by atoms with Crippen molar-refractivity contribution in [3.8, 4) is 0 Å². The van der Waals surface area contributed by atoms with Crippen molar-refractivity contribution in [3.63, 3.8) is 0 Å². The van der Waals surface area contributed by atoms with Crippen LogP contribution in [0.4, 0.5) is 11.4 Å². The number of likely N-dealkylation sites (N-methyl/N-ethyl adjacent to an activating group) is 1. The Balaban J connectivity index is 1.58. The molecule has 1 amide bonds. The van der Waals surface area contributed by atoms with Gasteiger partial charge >= 0.3 is 0 Å². The molecule has 2 aromatic carbocycles. The quantitative estimate of drug-likeness (QED) is 0.658. The third-order valence-corrected chi connectivity index (χ3v) is 5.73. The van der Waals surface area contributed by atoms with Crippen LogP contribution < -0.4 is 20.7 Å². The average Bonchev–Trinajstić information content (AvgIpc) is 2.76. The van der Waals surface area contributed by atoms with Crippen molar-refractivity contribution in [2.75, 3.05) is 43.4 Å².